The number of carboxylic acid groups (broad SMARTS) is 1. The monoisotopic (exact) mass is 242 g/mol. The van der Waals surface area contributed by atoms with Crippen LogP contribution in [0.4, 0.5) is 11.4 Å². The van der Waals surface area contributed by atoms with E-state index in [0.717, 1.165) is 22.6 Å². The molecule has 1 aromatic heterocycles. The highest BCUT2D eigenvalue weighted by molar-refractivity contribution is 5.90. The Morgan fingerprint density at radius 2 is 1.89 bits per heavy atom. The van der Waals surface area contributed by atoms with E-state index in [9.17, 15) is 4.79 Å². The van der Waals surface area contributed by atoms with Gasteiger partial charge in [-0.3, -0.25) is 4.98 Å². The number of anilines is 2. The van der Waals surface area contributed by atoms with E-state index in [1.807, 2.05) is 25.1 Å². The van der Waals surface area contributed by atoms with E-state index in [4.69, 9.17) is 5.11 Å². The lowest BCUT2D eigenvalue weighted by Gasteiger charge is -2.09. The Balaban J connectivity index is 2.30. The predicted molar refractivity (Wildman–Crippen MR) is 70.4 cm³/mol. The van der Waals surface area contributed by atoms with Crippen LogP contribution in [-0.2, 0) is 0 Å². The Morgan fingerprint density at radius 3 is 2.56 bits per heavy atom. The van der Waals surface area contributed by atoms with Crippen molar-refractivity contribution in [2.24, 2.45) is 0 Å². The molecule has 18 heavy (non-hydrogen) atoms. The lowest BCUT2D eigenvalue weighted by Crippen LogP contribution is -2.01. The molecule has 0 radical (unpaired) electrons. The Bertz CT molecular complexity index is 594. The van der Waals surface area contributed by atoms with Crippen molar-refractivity contribution in [3.63, 3.8) is 0 Å². The third kappa shape index (κ3) is 2.66. The molecule has 1 aromatic carbocycles. The number of hydrogen-bond donors (Lipinski definition) is 2. The van der Waals surface area contributed by atoms with Crippen LogP contribution in [0.25, 0.3) is 0 Å². The summed E-state index contributed by atoms with van der Waals surface area (Å²) < 4.78 is 0. The summed E-state index contributed by atoms with van der Waals surface area (Å²) >= 11 is 0. The molecule has 2 aromatic rings. The second kappa shape index (κ2) is 4.87. The van der Waals surface area contributed by atoms with E-state index in [1.54, 1.807) is 25.3 Å². The minimum absolute atomic E-state index is 0.311. The number of aryl methyl sites for hydroxylation is 2. The minimum atomic E-state index is -0.915. The molecule has 2 N–H and O–H groups in total. The zero-order valence-electron chi connectivity index (χ0n) is 10.3. The normalized spacial score (nSPS) is 10.1. The lowest BCUT2D eigenvalue weighted by molar-refractivity contribution is 0.0696. The van der Waals surface area contributed by atoms with Gasteiger partial charge in [0, 0.05) is 23.3 Å². The largest absolute Gasteiger partial charge is 0.478 e. The van der Waals surface area contributed by atoms with Crippen molar-refractivity contribution in [1.82, 2.24) is 4.98 Å². The van der Waals surface area contributed by atoms with Crippen LogP contribution < -0.4 is 5.32 Å². The first-order chi connectivity index (χ1) is 8.56. The van der Waals surface area contributed by atoms with E-state index in [-0.39, 0.29) is 0 Å². The van der Waals surface area contributed by atoms with Gasteiger partial charge in [0.1, 0.15) is 0 Å². The fraction of sp³-hybridized carbons (Fsp3) is 0.143. The molecular weight excluding hydrogens is 228 g/mol. The van der Waals surface area contributed by atoms with E-state index in [2.05, 4.69) is 10.3 Å². The topological polar surface area (TPSA) is 62.2 Å². The molecule has 0 aliphatic carbocycles. The molecule has 0 spiro atoms. The molecule has 4 heteroatoms. The first-order valence-electron chi connectivity index (χ1n) is 5.60. The van der Waals surface area contributed by atoms with Gasteiger partial charge in [0.05, 0.1) is 5.56 Å². The molecule has 2 rings (SSSR count). The highest BCUT2D eigenvalue weighted by Gasteiger charge is 2.07. The van der Waals surface area contributed by atoms with Crippen molar-refractivity contribution in [1.29, 1.82) is 0 Å². The Labute approximate surface area is 105 Å². The summed E-state index contributed by atoms with van der Waals surface area (Å²) in [5.41, 5.74) is 3.61. The van der Waals surface area contributed by atoms with Crippen LogP contribution in [-0.4, -0.2) is 16.1 Å². The van der Waals surface area contributed by atoms with Gasteiger partial charge in [0.15, 0.2) is 0 Å². The molecule has 0 atom stereocenters. The van der Waals surface area contributed by atoms with Crippen LogP contribution >= 0.6 is 0 Å². The summed E-state index contributed by atoms with van der Waals surface area (Å²) in [7, 11) is 0. The fourth-order valence-electron chi connectivity index (χ4n) is 1.72. The van der Waals surface area contributed by atoms with Crippen LogP contribution in [0.15, 0.2) is 36.5 Å². The number of nitrogens with one attached hydrogen (secondary N) is 1. The van der Waals surface area contributed by atoms with Crippen molar-refractivity contribution in [2.45, 2.75) is 13.8 Å². The molecule has 1 heterocycles. The number of aromatic carboxylic acids is 1. The van der Waals surface area contributed by atoms with Gasteiger partial charge in [-0.2, -0.15) is 0 Å². The molecule has 0 saturated heterocycles. The first kappa shape index (κ1) is 12.1. The van der Waals surface area contributed by atoms with Crippen LogP contribution in [0, 0.1) is 13.8 Å². The van der Waals surface area contributed by atoms with Crippen LogP contribution in [0.2, 0.25) is 0 Å². The molecule has 0 aliphatic heterocycles. The number of nitrogens with zero attached hydrogens (tertiary/aromatic N) is 1. The third-order valence-electron chi connectivity index (χ3n) is 2.65. The van der Waals surface area contributed by atoms with E-state index in [1.165, 1.54) is 0 Å². The van der Waals surface area contributed by atoms with E-state index in [0.29, 0.717) is 5.56 Å². The molecular formula is C14H14N2O2. The summed E-state index contributed by atoms with van der Waals surface area (Å²) in [6.07, 6.45) is 1.71. The lowest BCUT2D eigenvalue weighted by atomic mass is 10.1. The van der Waals surface area contributed by atoms with Gasteiger partial charge >= 0.3 is 5.97 Å². The molecule has 0 fully saturated rings. The van der Waals surface area contributed by atoms with Crippen molar-refractivity contribution in [3.8, 4) is 0 Å². The number of pyridine rings is 1. The molecule has 0 bridgehead atoms. The van der Waals surface area contributed by atoms with Gasteiger partial charge in [-0.05, 0) is 43.7 Å². The van der Waals surface area contributed by atoms with E-state index >= 15 is 0 Å². The highest BCUT2D eigenvalue weighted by atomic mass is 16.4. The average Bonchev–Trinajstić information content (AvgIpc) is 2.31. The summed E-state index contributed by atoms with van der Waals surface area (Å²) in [4.78, 5) is 15.1. The van der Waals surface area contributed by atoms with Crippen molar-refractivity contribution in [2.75, 3.05) is 5.32 Å². The van der Waals surface area contributed by atoms with Gasteiger partial charge in [0.2, 0.25) is 0 Å². The molecule has 92 valence electrons. The Kier molecular flexibility index (Phi) is 3.28. The number of aromatic nitrogens is 1. The van der Waals surface area contributed by atoms with Crippen molar-refractivity contribution < 1.29 is 9.90 Å². The standard InChI is InChI=1S/C14H14N2O2/c1-9-3-4-11(8-13(9)14(17)18)16-12-5-6-15-10(2)7-12/h3-8H,1-2H3,(H,15,16)(H,17,18). The molecule has 0 amide bonds. The van der Waals surface area contributed by atoms with Gasteiger partial charge in [-0.25, -0.2) is 4.79 Å². The smallest absolute Gasteiger partial charge is 0.336 e. The quantitative estimate of drug-likeness (QED) is 0.868. The molecule has 0 unspecified atom stereocenters. The van der Waals surface area contributed by atoms with Crippen LogP contribution in [0.5, 0.6) is 0 Å². The summed E-state index contributed by atoms with van der Waals surface area (Å²) in [5.74, 6) is -0.915. The van der Waals surface area contributed by atoms with Gasteiger partial charge in [-0.1, -0.05) is 6.07 Å². The molecule has 0 saturated carbocycles. The zero-order valence-corrected chi connectivity index (χ0v) is 10.3. The SMILES string of the molecule is Cc1cc(Nc2ccc(C)c(C(=O)O)c2)ccn1. The Morgan fingerprint density at radius 1 is 1.17 bits per heavy atom. The average molecular weight is 242 g/mol. The number of hydrogen-bond acceptors (Lipinski definition) is 3. The van der Waals surface area contributed by atoms with E-state index < -0.39 is 5.97 Å². The zero-order chi connectivity index (χ0) is 13.1. The maximum absolute atomic E-state index is 11.0. The minimum Gasteiger partial charge on any atom is -0.478 e. The first-order valence-corrected chi connectivity index (χ1v) is 5.60. The number of rotatable bonds is 3. The maximum atomic E-state index is 11.0. The van der Waals surface area contributed by atoms with Crippen molar-refractivity contribution in [3.05, 3.63) is 53.3 Å². The summed E-state index contributed by atoms with van der Waals surface area (Å²) in [6, 6.07) is 9.03. The van der Waals surface area contributed by atoms with Gasteiger partial charge < -0.3 is 10.4 Å². The van der Waals surface area contributed by atoms with Crippen LogP contribution in [0.1, 0.15) is 21.6 Å². The second-order valence-electron chi connectivity index (χ2n) is 4.15. The van der Waals surface area contributed by atoms with Gasteiger partial charge in [0.25, 0.3) is 0 Å². The Hall–Kier alpha value is -2.36. The maximum Gasteiger partial charge on any atom is 0.336 e. The van der Waals surface area contributed by atoms with Crippen molar-refractivity contribution >= 4 is 17.3 Å². The number of carboxylic acids is 1. The highest BCUT2D eigenvalue weighted by Crippen LogP contribution is 2.20. The fourth-order valence-corrected chi connectivity index (χ4v) is 1.72. The summed E-state index contributed by atoms with van der Waals surface area (Å²) in [5, 5.41) is 12.2. The number of benzene rings is 1. The second-order valence-corrected chi connectivity index (χ2v) is 4.15. The van der Waals surface area contributed by atoms with Gasteiger partial charge in [-0.15, -0.1) is 0 Å². The predicted octanol–water partition coefficient (Wildman–Crippen LogP) is 3.14. The third-order valence-corrected chi connectivity index (χ3v) is 2.65. The van der Waals surface area contributed by atoms with Crippen LogP contribution in [0.3, 0.4) is 0 Å². The molecule has 4 nitrogen and oxygen atoms in total. The number of carbonyl (C=O) groups is 1. The summed E-state index contributed by atoms with van der Waals surface area (Å²) in [6.45, 7) is 3.69. The molecule has 0 aliphatic rings.